The van der Waals surface area contributed by atoms with Gasteiger partial charge in [0.05, 0.1) is 15.5 Å². The van der Waals surface area contributed by atoms with Gasteiger partial charge < -0.3 is 9.47 Å². The van der Waals surface area contributed by atoms with Gasteiger partial charge in [-0.3, -0.25) is 10.1 Å². The zero-order valence-electron chi connectivity index (χ0n) is 17.2. The average molecular weight is 463 g/mol. The number of esters is 2. The fourth-order valence-corrected chi connectivity index (χ4v) is 3.32. The van der Waals surface area contributed by atoms with E-state index in [2.05, 4.69) is 4.99 Å². The number of ether oxygens (including phenoxy) is 2. The summed E-state index contributed by atoms with van der Waals surface area (Å²) >= 11 is 6.01. The molecule has 9 heteroatoms. The third kappa shape index (κ3) is 4.81. The Kier molecular flexibility index (Phi) is 6.01. The third-order valence-corrected chi connectivity index (χ3v) is 5.08. The van der Waals surface area contributed by atoms with Gasteiger partial charge in [0.15, 0.2) is 5.70 Å². The van der Waals surface area contributed by atoms with Crippen LogP contribution in [0.3, 0.4) is 0 Å². The summed E-state index contributed by atoms with van der Waals surface area (Å²) in [6.07, 6.45) is 1.52. The number of hydrogen-bond donors (Lipinski definition) is 0. The van der Waals surface area contributed by atoms with Gasteiger partial charge in [-0.15, -0.1) is 0 Å². The Morgan fingerprint density at radius 3 is 2.52 bits per heavy atom. The number of hydrogen-bond acceptors (Lipinski definition) is 7. The van der Waals surface area contributed by atoms with Gasteiger partial charge in [0.25, 0.3) is 5.69 Å². The zero-order chi connectivity index (χ0) is 23.5. The van der Waals surface area contributed by atoms with Crippen LogP contribution in [-0.4, -0.2) is 22.8 Å². The van der Waals surface area contributed by atoms with Crippen LogP contribution in [0.15, 0.2) is 77.4 Å². The van der Waals surface area contributed by atoms with Gasteiger partial charge >= 0.3 is 11.9 Å². The van der Waals surface area contributed by atoms with Crippen molar-refractivity contribution in [2.24, 2.45) is 4.99 Å². The third-order valence-electron chi connectivity index (χ3n) is 4.75. The van der Waals surface area contributed by atoms with Crippen molar-refractivity contribution < 1.29 is 24.0 Å². The van der Waals surface area contributed by atoms with Crippen LogP contribution >= 0.6 is 11.6 Å². The van der Waals surface area contributed by atoms with Crippen molar-refractivity contribution in [3.05, 3.63) is 110 Å². The van der Waals surface area contributed by atoms with Gasteiger partial charge in [0.1, 0.15) is 5.75 Å². The molecule has 0 aliphatic carbocycles. The number of cyclic esters (lactones) is 1. The number of nitro groups is 1. The SMILES string of the molecule is Cc1cc(C2=N/C(=C\c3ccc(OC(=O)c4ccccc4Cl)cc3)C(=O)O2)ccc1[N+](=O)[O-]. The molecule has 0 bridgehead atoms. The molecule has 3 aromatic carbocycles. The van der Waals surface area contributed by atoms with Crippen molar-refractivity contribution in [2.45, 2.75) is 6.92 Å². The number of aryl methyl sites for hydroxylation is 1. The number of carbonyl (C=O) groups is 2. The molecule has 0 fully saturated rings. The lowest BCUT2D eigenvalue weighted by molar-refractivity contribution is -0.385. The molecule has 0 N–H and O–H groups in total. The summed E-state index contributed by atoms with van der Waals surface area (Å²) in [5.74, 6) is -0.856. The first-order valence-electron chi connectivity index (χ1n) is 9.66. The van der Waals surface area contributed by atoms with E-state index in [0.29, 0.717) is 27.5 Å². The van der Waals surface area contributed by atoms with Gasteiger partial charge in [-0.05, 0) is 55.0 Å². The van der Waals surface area contributed by atoms with E-state index in [1.807, 2.05) is 0 Å². The summed E-state index contributed by atoms with van der Waals surface area (Å²) in [6.45, 7) is 1.59. The molecule has 0 spiro atoms. The Balaban J connectivity index is 1.51. The Labute approximate surface area is 192 Å². The minimum Gasteiger partial charge on any atom is -0.423 e. The second kappa shape index (κ2) is 9.05. The lowest BCUT2D eigenvalue weighted by Crippen LogP contribution is -2.08. The average Bonchev–Trinajstić information content (AvgIpc) is 3.15. The van der Waals surface area contributed by atoms with Gasteiger partial charge in [-0.25, -0.2) is 14.6 Å². The maximum atomic E-state index is 12.3. The summed E-state index contributed by atoms with van der Waals surface area (Å²) in [5, 5.41) is 11.3. The van der Waals surface area contributed by atoms with Gasteiger partial charge in [-0.2, -0.15) is 0 Å². The van der Waals surface area contributed by atoms with Gasteiger partial charge in [-0.1, -0.05) is 35.9 Å². The van der Waals surface area contributed by atoms with Crippen LogP contribution in [0.4, 0.5) is 5.69 Å². The summed E-state index contributed by atoms with van der Waals surface area (Å²) in [7, 11) is 0. The van der Waals surface area contributed by atoms with Crippen molar-refractivity contribution in [2.75, 3.05) is 0 Å². The Bertz CT molecular complexity index is 1350. The maximum Gasteiger partial charge on any atom is 0.363 e. The number of benzene rings is 3. The lowest BCUT2D eigenvalue weighted by Gasteiger charge is -2.06. The normalized spacial score (nSPS) is 14.1. The highest BCUT2D eigenvalue weighted by Gasteiger charge is 2.25. The highest BCUT2D eigenvalue weighted by Crippen LogP contribution is 2.24. The van der Waals surface area contributed by atoms with Crippen molar-refractivity contribution in [1.29, 1.82) is 0 Å². The van der Waals surface area contributed by atoms with E-state index in [9.17, 15) is 19.7 Å². The molecular formula is C24H15ClN2O6. The number of nitro benzene ring substituents is 1. The van der Waals surface area contributed by atoms with E-state index in [1.165, 1.54) is 24.3 Å². The van der Waals surface area contributed by atoms with E-state index >= 15 is 0 Å². The van der Waals surface area contributed by atoms with Crippen molar-refractivity contribution in [3.63, 3.8) is 0 Å². The summed E-state index contributed by atoms with van der Waals surface area (Å²) in [4.78, 5) is 39.2. The first-order valence-corrected chi connectivity index (χ1v) is 10.0. The van der Waals surface area contributed by atoms with E-state index in [1.54, 1.807) is 55.5 Å². The summed E-state index contributed by atoms with van der Waals surface area (Å²) < 4.78 is 10.5. The van der Waals surface area contributed by atoms with Crippen molar-refractivity contribution >= 4 is 41.2 Å². The topological polar surface area (TPSA) is 108 Å². The Morgan fingerprint density at radius 2 is 1.85 bits per heavy atom. The standard InChI is InChI=1S/C24H15ClN2O6/c1-14-12-16(8-11-21(14)27(30)31)22-26-20(24(29)33-22)13-15-6-9-17(10-7-15)32-23(28)18-4-2-3-5-19(18)25/h2-13H,1H3/b20-13-. The number of nitrogens with zero attached hydrogens (tertiary/aromatic N) is 2. The molecule has 8 nitrogen and oxygen atoms in total. The van der Waals surface area contributed by atoms with Crippen molar-refractivity contribution in [1.82, 2.24) is 0 Å². The smallest absolute Gasteiger partial charge is 0.363 e. The molecule has 0 saturated carbocycles. The molecule has 0 aromatic heterocycles. The van der Waals surface area contributed by atoms with Crippen LogP contribution in [-0.2, 0) is 9.53 Å². The highest BCUT2D eigenvalue weighted by atomic mass is 35.5. The highest BCUT2D eigenvalue weighted by molar-refractivity contribution is 6.33. The fraction of sp³-hybridized carbons (Fsp3) is 0.0417. The first-order chi connectivity index (χ1) is 15.8. The lowest BCUT2D eigenvalue weighted by atomic mass is 10.1. The van der Waals surface area contributed by atoms with Crippen LogP contribution in [0.2, 0.25) is 5.02 Å². The molecule has 1 heterocycles. The molecular weight excluding hydrogens is 448 g/mol. The van der Waals surface area contributed by atoms with Crippen LogP contribution in [0.1, 0.15) is 27.0 Å². The van der Waals surface area contributed by atoms with Crippen molar-refractivity contribution in [3.8, 4) is 5.75 Å². The molecule has 3 aromatic rings. The molecule has 1 aliphatic heterocycles. The molecule has 1 aliphatic rings. The summed E-state index contributed by atoms with van der Waals surface area (Å²) in [6, 6.07) is 17.4. The zero-order valence-corrected chi connectivity index (χ0v) is 17.9. The number of halogens is 1. The molecule has 164 valence electrons. The monoisotopic (exact) mass is 462 g/mol. The Morgan fingerprint density at radius 1 is 1.12 bits per heavy atom. The minimum absolute atomic E-state index is 0.0326. The van der Waals surface area contributed by atoms with Crippen LogP contribution in [0.5, 0.6) is 5.75 Å². The predicted molar refractivity (Wildman–Crippen MR) is 121 cm³/mol. The maximum absolute atomic E-state index is 12.3. The quantitative estimate of drug-likeness (QED) is 0.171. The van der Waals surface area contributed by atoms with E-state index in [0.717, 1.165) is 0 Å². The van der Waals surface area contributed by atoms with E-state index < -0.39 is 16.9 Å². The number of carbonyl (C=O) groups excluding carboxylic acids is 2. The van der Waals surface area contributed by atoms with Crippen LogP contribution in [0.25, 0.3) is 6.08 Å². The largest absolute Gasteiger partial charge is 0.423 e. The molecule has 33 heavy (non-hydrogen) atoms. The molecule has 4 rings (SSSR count). The van der Waals surface area contributed by atoms with E-state index in [-0.39, 0.29) is 22.8 Å². The molecule has 0 radical (unpaired) electrons. The second-order valence-corrected chi connectivity index (χ2v) is 7.44. The Hall–Kier alpha value is -4.30. The first kappa shape index (κ1) is 21.9. The van der Waals surface area contributed by atoms with Crippen LogP contribution < -0.4 is 4.74 Å². The predicted octanol–water partition coefficient (Wildman–Crippen LogP) is 5.12. The molecule has 0 atom stereocenters. The van der Waals surface area contributed by atoms with E-state index in [4.69, 9.17) is 21.1 Å². The van der Waals surface area contributed by atoms with Gasteiger partial charge in [0, 0.05) is 17.2 Å². The number of rotatable bonds is 5. The molecule has 0 amide bonds. The fourth-order valence-electron chi connectivity index (χ4n) is 3.10. The second-order valence-electron chi connectivity index (χ2n) is 7.03. The molecule has 0 saturated heterocycles. The van der Waals surface area contributed by atoms with Gasteiger partial charge in [0.2, 0.25) is 5.90 Å². The minimum atomic E-state index is -0.643. The van der Waals surface area contributed by atoms with Crippen LogP contribution in [0, 0.1) is 17.0 Å². The molecule has 0 unspecified atom stereocenters. The number of aliphatic imine (C=N–C) groups is 1. The summed E-state index contributed by atoms with van der Waals surface area (Å²) in [5.41, 5.74) is 1.80.